The van der Waals surface area contributed by atoms with Gasteiger partial charge >= 0.3 is 6.18 Å². The Morgan fingerprint density at radius 3 is 2.30 bits per heavy atom. The number of nitrogens with one attached hydrogen (secondary N) is 4. The fraction of sp³-hybridized carbons (Fsp3) is 0.679. The molecule has 2 saturated heterocycles. The number of alkyl halides is 3. The lowest BCUT2D eigenvalue weighted by atomic mass is 9.82. The number of carbonyl (C=O) groups excluding carboxylic acids is 5. The number of pyridine rings is 1. The van der Waals surface area contributed by atoms with E-state index in [2.05, 4.69) is 62.0 Å². The maximum Gasteiger partial charge on any atom is 0.416 e. The highest BCUT2D eigenvalue weighted by atomic mass is 19.4. The summed E-state index contributed by atoms with van der Waals surface area (Å²) < 4.78 is 53.2. The summed E-state index contributed by atoms with van der Waals surface area (Å²) in [6, 6.07) is 6.27. The highest BCUT2D eigenvalue weighted by Gasteiger charge is 2.49. The van der Waals surface area contributed by atoms with Crippen LogP contribution in [-0.2, 0) is 39.6 Å². The Hall–Kier alpha value is -5.47. The van der Waals surface area contributed by atoms with E-state index in [9.17, 15) is 37.1 Å². The fourth-order valence-corrected chi connectivity index (χ4v) is 12.6. The third kappa shape index (κ3) is 13.3. The van der Waals surface area contributed by atoms with Gasteiger partial charge in [-0.15, -0.1) is 0 Å². The normalized spacial score (nSPS) is 28.5. The largest absolute Gasteiger partial charge is 0.416 e. The van der Waals surface area contributed by atoms with Crippen molar-refractivity contribution in [1.29, 1.82) is 0 Å². The molecule has 6 atom stereocenters. The van der Waals surface area contributed by atoms with E-state index in [1.54, 1.807) is 12.4 Å². The van der Waals surface area contributed by atoms with Crippen LogP contribution in [0.1, 0.15) is 147 Å². The van der Waals surface area contributed by atoms with Crippen LogP contribution in [0, 0.1) is 11.8 Å². The zero-order chi connectivity index (χ0) is 53.5. The molecular formula is C56H77F3N10O7. The monoisotopic (exact) mass is 1060 g/mol. The molecule has 4 N–H and O–H groups in total. The van der Waals surface area contributed by atoms with Crippen molar-refractivity contribution in [2.24, 2.45) is 11.8 Å². The van der Waals surface area contributed by atoms with Crippen LogP contribution in [-0.4, -0.2) is 147 Å². The fourth-order valence-electron chi connectivity index (χ4n) is 12.6. The molecule has 4 aliphatic carbocycles. The second-order valence-electron chi connectivity index (χ2n) is 22.5. The summed E-state index contributed by atoms with van der Waals surface area (Å²) in [4.78, 5) is 86.4. The minimum Gasteiger partial charge on any atom is -0.378 e. The molecule has 2 aliphatic heterocycles. The van der Waals surface area contributed by atoms with Crippen LogP contribution in [0.5, 0.6) is 0 Å². The van der Waals surface area contributed by atoms with Gasteiger partial charge in [-0.2, -0.15) is 13.2 Å². The zero-order valence-corrected chi connectivity index (χ0v) is 44.3. The molecule has 4 saturated carbocycles. The van der Waals surface area contributed by atoms with Gasteiger partial charge in [0.15, 0.2) is 0 Å². The van der Waals surface area contributed by atoms with Crippen LogP contribution in [0.4, 0.5) is 19.0 Å². The van der Waals surface area contributed by atoms with Crippen molar-refractivity contribution >= 4 is 46.3 Å². The van der Waals surface area contributed by atoms with Crippen molar-refractivity contribution in [3.8, 4) is 0 Å². The lowest BCUT2D eigenvalue weighted by Gasteiger charge is -2.45. The zero-order valence-electron chi connectivity index (χ0n) is 44.3. The third-order valence-electron chi connectivity index (χ3n) is 17.4. The highest BCUT2D eigenvalue weighted by molar-refractivity contribution is 5.94. The van der Waals surface area contributed by atoms with Gasteiger partial charge in [-0.05, 0) is 153 Å². The van der Waals surface area contributed by atoms with E-state index in [4.69, 9.17) is 9.47 Å². The van der Waals surface area contributed by atoms with Crippen LogP contribution in [0.15, 0.2) is 49.1 Å². The maximum atomic E-state index is 14.1. The quantitative estimate of drug-likeness (QED) is 0.0859. The minimum atomic E-state index is -4.55. The molecule has 414 valence electrons. The molecule has 0 bridgehead atoms. The Kier molecular flexibility index (Phi) is 18.1. The first-order valence-electron chi connectivity index (χ1n) is 28.0. The smallest absolute Gasteiger partial charge is 0.378 e. The molecule has 0 spiro atoms. The Morgan fingerprint density at radius 1 is 0.868 bits per heavy atom. The Morgan fingerprint density at radius 2 is 1.62 bits per heavy atom. The number of benzene rings is 1. The lowest BCUT2D eigenvalue weighted by Crippen LogP contribution is -2.59. The average molecular weight is 1060 g/mol. The van der Waals surface area contributed by atoms with E-state index in [1.165, 1.54) is 12.4 Å². The summed E-state index contributed by atoms with van der Waals surface area (Å²) in [7, 11) is 2.09. The molecule has 17 nitrogen and oxygen atoms in total. The molecule has 76 heavy (non-hydrogen) atoms. The average Bonchev–Trinajstić information content (AvgIpc) is 3.95. The van der Waals surface area contributed by atoms with E-state index >= 15 is 0 Å². The standard InChI is InChI=1S/C56H77F3N10O7/c1-34(2)67(3)40-16-22-48(68-26-23-46(55(68)74)65-52-43-29-37(56(57,58)59)13-21-45(43)62-33-63-52)47(30-40)66-53(72)35-11-14-38(15-12-35)64-49(70)10-6-27-75-41-17-19-42(20-18-41)76-28-25-61-54(73)44-31-50(71)69(39-8-4-9-39)51(44)36-7-5-24-60-32-36/h5,7,13,21,24,29,32-35,38-42,44,46-48,51H,4,6,8-12,14-20,22-23,25-28,30-31H2,1-3H3,(H,61,73)(H,64,70)(H,66,72)(H,62,63,65)/t35-,38-,40-,41-,42-,44+,46+,47-,48+,51-/m1/s1. The first kappa shape index (κ1) is 55.3. The van der Waals surface area contributed by atoms with Crippen molar-refractivity contribution in [2.75, 3.05) is 38.7 Å². The lowest BCUT2D eigenvalue weighted by molar-refractivity contribution is -0.137. The van der Waals surface area contributed by atoms with Crippen molar-refractivity contribution in [2.45, 2.75) is 196 Å². The second kappa shape index (κ2) is 24.9. The molecule has 3 aromatic rings. The Labute approximate surface area is 443 Å². The van der Waals surface area contributed by atoms with E-state index in [-0.39, 0.29) is 102 Å². The van der Waals surface area contributed by atoms with Crippen LogP contribution >= 0.6 is 0 Å². The van der Waals surface area contributed by atoms with Crippen LogP contribution in [0.25, 0.3) is 10.9 Å². The molecule has 6 fully saturated rings. The number of ether oxygens (including phenoxy) is 2. The minimum absolute atomic E-state index is 0.00994. The number of hydrogen-bond acceptors (Lipinski definition) is 12. The van der Waals surface area contributed by atoms with E-state index in [0.717, 1.165) is 69.1 Å². The molecule has 0 radical (unpaired) electrons. The number of rotatable bonds is 20. The number of aromatic nitrogens is 3. The van der Waals surface area contributed by atoms with Gasteiger partial charge in [-0.25, -0.2) is 9.97 Å². The molecule has 4 heterocycles. The van der Waals surface area contributed by atoms with Crippen molar-refractivity contribution in [3.63, 3.8) is 0 Å². The summed E-state index contributed by atoms with van der Waals surface area (Å²) >= 11 is 0. The van der Waals surface area contributed by atoms with Gasteiger partial charge in [-0.3, -0.25) is 29.0 Å². The number of halogens is 3. The van der Waals surface area contributed by atoms with Crippen molar-refractivity contribution < 1.29 is 46.6 Å². The number of likely N-dealkylation sites (tertiary alicyclic amines) is 2. The Bertz CT molecular complexity index is 2490. The van der Waals surface area contributed by atoms with E-state index < -0.39 is 23.7 Å². The van der Waals surface area contributed by atoms with Gasteiger partial charge in [0, 0.05) is 80.4 Å². The first-order chi connectivity index (χ1) is 36.6. The van der Waals surface area contributed by atoms with E-state index in [1.807, 2.05) is 21.9 Å². The van der Waals surface area contributed by atoms with Gasteiger partial charge in [0.1, 0.15) is 18.2 Å². The Balaban J connectivity index is 0.664. The molecule has 5 amide bonds. The molecule has 9 rings (SSSR count). The molecule has 20 heteroatoms. The summed E-state index contributed by atoms with van der Waals surface area (Å²) in [5.74, 6) is -0.808. The number of hydrogen-bond donors (Lipinski definition) is 4. The number of nitrogens with zero attached hydrogens (tertiary/aromatic N) is 6. The SMILES string of the molecule is CC(C)N(C)[C@@H]1CC[C@H](N2CC[C@H](Nc3ncnc4ccc(C(F)(F)F)cc34)C2=O)[C@H](NC(=O)[C@H]2CC[C@H](NC(=O)CCCO[C@H]3CC[C@H](OCCNC(=O)[C@H]4CC(=O)N(C5CCC5)[C@@H]4c4cccnc4)CC3)CC2)C1. The van der Waals surface area contributed by atoms with Crippen LogP contribution in [0.3, 0.4) is 0 Å². The number of fused-ring (bicyclic) bond motifs is 1. The molecule has 2 aromatic heterocycles. The van der Waals surface area contributed by atoms with Gasteiger partial charge in [0.2, 0.25) is 29.5 Å². The number of amides is 5. The number of anilines is 1. The second-order valence-corrected chi connectivity index (χ2v) is 22.5. The first-order valence-corrected chi connectivity index (χ1v) is 28.0. The molecule has 1 aromatic carbocycles. The topological polar surface area (TPSA) is 200 Å². The van der Waals surface area contributed by atoms with Gasteiger partial charge in [0.25, 0.3) is 0 Å². The molecular weight excluding hydrogens is 982 g/mol. The summed E-state index contributed by atoms with van der Waals surface area (Å²) in [5.41, 5.74) is 0.416. The molecule has 6 aliphatic rings. The predicted molar refractivity (Wildman–Crippen MR) is 278 cm³/mol. The molecule has 0 unspecified atom stereocenters. The van der Waals surface area contributed by atoms with Gasteiger partial charge in [0.05, 0.1) is 53.9 Å². The highest BCUT2D eigenvalue weighted by Crippen LogP contribution is 2.44. The summed E-state index contributed by atoms with van der Waals surface area (Å²) in [6.07, 6.45) is 13.4. The van der Waals surface area contributed by atoms with Gasteiger partial charge < -0.3 is 45.4 Å². The van der Waals surface area contributed by atoms with Crippen molar-refractivity contribution in [1.82, 2.24) is 45.6 Å². The number of carbonyl (C=O) groups is 5. The van der Waals surface area contributed by atoms with Crippen molar-refractivity contribution in [3.05, 3.63) is 60.2 Å². The van der Waals surface area contributed by atoms with E-state index in [0.29, 0.717) is 95.6 Å². The van der Waals surface area contributed by atoms with Crippen LogP contribution in [0.2, 0.25) is 0 Å². The van der Waals surface area contributed by atoms with Gasteiger partial charge in [-0.1, -0.05) is 6.07 Å². The summed E-state index contributed by atoms with van der Waals surface area (Å²) in [6.45, 7) is 5.99. The maximum absolute atomic E-state index is 14.1. The summed E-state index contributed by atoms with van der Waals surface area (Å²) in [5, 5.41) is 12.9. The third-order valence-corrected chi connectivity index (χ3v) is 17.4. The van der Waals surface area contributed by atoms with Crippen LogP contribution < -0.4 is 21.3 Å². The predicted octanol–water partition coefficient (Wildman–Crippen LogP) is 6.86.